The lowest BCUT2D eigenvalue weighted by Gasteiger charge is -2.33. The van der Waals surface area contributed by atoms with Crippen LogP contribution in [0.4, 0.5) is 15.9 Å². The molecule has 0 fully saturated rings. The molecule has 8 heteroatoms. The summed E-state index contributed by atoms with van der Waals surface area (Å²) >= 11 is 0. The normalized spacial score (nSPS) is 13.5. The molecule has 0 unspecified atom stereocenters. The molecule has 3 aromatic rings. The van der Waals surface area contributed by atoms with Crippen molar-refractivity contribution in [1.82, 2.24) is 4.98 Å². The number of carbonyl (C=O) groups excluding carboxylic acids is 1. The number of esters is 1. The Hall–Kier alpha value is -3.81. The van der Waals surface area contributed by atoms with E-state index in [1.165, 1.54) is 19.2 Å². The smallest absolute Gasteiger partial charge is 0.337 e. The summed E-state index contributed by atoms with van der Waals surface area (Å²) in [4.78, 5) is 18.4. The molecule has 172 valence electrons. The third-order valence-corrected chi connectivity index (χ3v) is 5.45. The van der Waals surface area contributed by atoms with Crippen molar-refractivity contribution in [3.05, 3.63) is 77.7 Å². The van der Waals surface area contributed by atoms with Gasteiger partial charge in [0.25, 0.3) is 0 Å². The van der Waals surface area contributed by atoms with Gasteiger partial charge in [-0.15, -0.1) is 0 Å². The van der Waals surface area contributed by atoms with Crippen LogP contribution in [0.5, 0.6) is 11.5 Å². The number of aromatic nitrogens is 1. The van der Waals surface area contributed by atoms with E-state index in [-0.39, 0.29) is 17.8 Å². The number of hydrogen-bond donors (Lipinski definition) is 1. The lowest BCUT2D eigenvalue weighted by atomic mass is 10.1. The zero-order chi connectivity index (χ0) is 23.2. The maximum Gasteiger partial charge on any atom is 0.337 e. The Morgan fingerprint density at radius 3 is 2.67 bits per heavy atom. The zero-order valence-corrected chi connectivity index (χ0v) is 18.6. The van der Waals surface area contributed by atoms with Gasteiger partial charge in [0.1, 0.15) is 36.2 Å². The van der Waals surface area contributed by atoms with Gasteiger partial charge in [0.2, 0.25) is 0 Å². The first-order chi connectivity index (χ1) is 16.0. The summed E-state index contributed by atoms with van der Waals surface area (Å²) in [6.45, 7) is 4.35. The number of halogens is 1. The Bertz CT molecular complexity index is 1090. The van der Waals surface area contributed by atoms with Crippen molar-refractivity contribution in [2.24, 2.45) is 0 Å². The van der Waals surface area contributed by atoms with Gasteiger partial charge in [0.05, 0.1) is 31.8 Å². The number of ether oxygens (including phenoxy) is 3. The Morgan fingerprint density at radius 2 is 1.94 bits per heavy atom. The molecule has 2 heterocycles. The Kier molecular flexibility index (Phi) is 6.92. The van der Waals surface area contributed by atoms with E-state index in [2.05, 4.69) is 15.2 Å². The minimum Gasteiger partial charge on any atom is -0.492 e. The van der Waals surface area contributed by atoms with Crippen LogP contribution in [0.15, 0.2) is 60.8 Å². The fraction of sp³-hybridized carbons (Fsp3) is 0.280. The van der Waals surface area contributed by atoms with Crippen LogP contribution >= 0.6 is 0 Å². The van der Waals surface area contributed by atoms with Crippen LogP contribution in [-0.2, 0) is 4.74 Å². The molecular formula is C25H26FN3O4. The summed E-state index contributed by atoms with van der Waals surface area (Å²) in [7, 11) is 1.36. The molecule has 1 aromatic heterocycles. The third kappa shape index (κ3) is 5.34. The van der Waals surface area contributed by atoms with Gasteiger partial charge < -0.3 is 24.4 Å². The third-order valence-electron chi connectivity index (χ3n) is 5.45. The molecule has 1 aliphatic heterocycles. The highest BCUT2D eigenvalue weighted by molar-refractivity contribution is 5.89. The molecule has 1 N–H and O–H groups in total. The van der Waals surface area contributed by atoms with Gasteiger partial charge >= 0.3 is 5.97 Å². The molecular weight excluding hydrogens is 425 g/mol. The zero-order valence-electron chi connectivity index (χ0n) is 18.6. The largest absolute Gasteiger partial charge is 0.492 e. The second-order valence-electron chi connectivity index (χ2n) is 7.62. The number of benzene rings is 2. The van der Waals surface area contributed by atoms with Crippen LogP contribution in [0.2, 0.25) is 0 Å². The van der Waals surface area contributed by atoms with Crippen molar-refractivity contribution in [2.45, 2.75) is 13.0 Å². The molecule has 0 spiro atoms. The number of pyridine rings is 1. The Balaban J connectivity index is 1.46. The Labute approximate surface area is 192 Å². The highest BCUT2D eigenvalue weighted by atomic mass is 19.1. The predicted molar refractivity (Wildman–Crippen MR) is 124 cm³/mol. The number of hydrogen-bond acceptors (Lipinski definition) is 7. The van der Waals surface area contributed by atoms with E-state index in [1.54, 1.807) is 30.5 Å². The number of fused-ring (bicyclic) bond motifs is 1. The Morgan fingerprint density at radius 1 is 1.18 bits per heavy atom. The van der Waals surface area contributed by atoms with Gasteiger partial charge in [-0.3, -0.25) is 0 Å². The molecule has 33 heavy (non-hydrogen) atoms. The summed E-state index contributed by atoms with van der Waals surface area (Å²) in [6, 6.07) is 15.1. The van der Waals surface area contributed by atoms with E-state index >= 15 is 0 Å². The van der Waals surface area contributed by atoms with Gasteiger partial charge in [-0.05, 0) is 48.9 Å². The minimum atomic E-state index is -0.364. The summed E-state index contributed by atoms with van der Waals surface area (Å²) in [5.41, 5.74) is 2.39. The van der Waals surface area contributed by atoms with Crippen molar-refractivity contribution < 1.29 is 23.4 Å². The predicted octanol–water partition coefficient (Wildman–Crippen LogP) is 4.46. The van der Waals surface area contributed by atoms with E-state index < -0.39 is 0 Å². The van der Waals surface area contributed by atoms with Crippen LogP contribution < -0.4 is 19.7 Å². The first-order valence-electron chi connectivity index (χ1n) is 10.7. The van der Waals surface area contributed by atoms with Crippen LogP contribution in [0.3, 0.4) is 0 Å². The number of nitrogens with zero attached hydrogens (tertiary/aromatic N) is 2. The van der Waals surface area contributed by atoms with E-state index in [4.69, 9.17) is 14.2 Å². The van der Waals surface area contributed by atoms with Crippen molar-refractivity contribution in [3.63, 3.8) is 0 Å². The highest BCUT2D eigenvalue weighted by Gasteiger charge is 2.23. The van der Waals surface area contributed by atoms with Crippen LogP contribution in [0, 0.1) is 5.82 Å². The molecule has 1 aliphatic rings. The monoisotopic (exact) mass is 451 g/mol. The first-order valence-corrected chi connectivity index (χ1v) is 10.7. The second-order valence-corrected chi connectivity index (χ2v) is 7.62. The number of methoxy groups -OCH3 is 1. The first kappa shape index (κ1) is 22.4. The maximum absolute atomic E-state index is 13.1. The van der Waals surface area contributed by atoms with Gasteiger partial charge in [0, 0.05) is 12.3 Å². The molecule has 0 radical (unpaired) electrons. The standard InChI is InChI=1S/C25H26FN3O4/c1-17(18-3-5-19(6-4-18)25(30)31-2)28-24-23-22(11-12-27-24)33-16-14-29(23)13-15-32-21-9-7-20(26)8-10-21/h3-12,17H,13-16H2,1-2H3,(H,27,28)/t17-/m0/s1. The van der Waals surface area contributed by atoms with Crippen molar-refractivity contribution in [2.75, 3.05) is 43.6 Å². The SMILES string of the molecule is COC(=O)c1ccc([C@H](C)Nc2nccc3c2N(CCOc2ccc(F)cc2)CCO3)cc1. The van der Waals surface area contributed by atoms with Crippen LogP contribution in [0.1, 0.15) is 28.9 Å². The van der Waals surface area contributed by atoms with Crippen molar-refractivity contribution >= 4 is 17.5 Å². The van der Waals surface area contributed by atoms with Gasteiger partial charge in [-0.1, -0.05) is 12.1 Å². The number of rotatable bonds is 8. The quantitative estimate of drug-likeness (QED) is 0.507. The highest BCUT2D eigenvalue weighted by Crippen LogP contribution is 2.38. The summed E-state index contributed by atoms with van der Waals surface area (Å²) in [6.07, 6.45) is 1.72. The molecule has 1 atom stereocenters. The number of nitrogens with one attached hydrogen (secondary N) is 1. The van der Waals surface area contributed by atoms with Gasteiger partial charge in [-0.2, -0.15) is 0 Å². The van der Waals surface area contributed by atoms with E-state index in [9.17, 15) is 9.18 Å². The number of carbonyl (C=O) groups is 1. The molecule has 0 saturated heterocycles. The lowest BCUT2D eigenvalue weighted by molar-refractivity contribution is 0.0600. The van der Waals surface area contributed by atoms with E-state index in [0.717, 1.165) is 17.0 Å². The van der Waals surface area contributed by atoms with Crippen molar-refractivity contribution in [1.29, 1.82) is 0 Å². The topological polar surface area (TPSA) is 72.9 Å². The van der Waals surface area contributed by atoms with Crippen LogP contribution in [-0.4, -0.2) is 44.4 Å². The molecule has 0 amide bonds. The molecule has 4 rings (SSSR count). The fourth-order valence-corrected chi connectivity index (χ4v) is 3.68. The van der Waals surface area contributed by atoms with E-state index in [0.29, 0.717) is 43.4 Å². The van der Waals surface area contributed by atoms with E-state index in [1.807, 2.05) is 25.1 Å². The average Bonchev–Trinajstić information content (AvgIpc) is 2.85. The van der Waals surface area contributed by atoms with Crippen molar-refractivity contribution in [3.8, 4) is 11.5 Å². The summed E-state index contributed by atoms with van der Waals surface area (Å²) in [5.74, 6) is 1.43. The molecule has 0 aliphatic carbocycles. The summed E-state index contributed by atoms with van der Waals surface area (Å²) < 4.78 is 29.5. The van der Waals surface area contributed by atoms with Crippen LogP contribution in [0.25, 0.3) is 0 Å². The van der Waals surface area contributed by atoms with Gasteiger partial charge in [-0.25, -0.2) is 14.2 Å². The maximum atomic E-state index is 13.1. The minimum absolute atomic E-state index is 0.0602. The number of anilines is 2. The molecule has 0 saturated carbocycles. The molecule has 7 nitrogen and oxygen atoms in total. The van der Waals surface area contributed by atoms with Gasteiger partial charge in [0.15, 0.2) is 5.82 Å². The summed E-state index contributed by atoms with van der Waals surface area (Å²) in [5, 5.41) is 3.46. The second kappa shape index (κ2) is 10.2. The average molecular weight is 451 g/mol. The molecule has 0 bridgehead atoms. The fourth-order valence-electron chi connectivity index (χ4n) is 3.68. The molecule has 2 aromatic carbocycles. The lowest BCUT2D eigenvalue weighted by Crippen LogP contribution is -2.36.